The fourth-order valence-electron chi connectivity index (χ4n) is 2.91. The molecule has 1 amide bonds. The van der Waals surface area contributed by atoms with Gasteiger partial charge in [-0.3, -0.25) is 4.79 Å². The average Bonchev–Trinajstić information content (AvgIpc) is 2.95. The van der Waals surface area contributed by atoms with Gasteiger partial charge in [-0.2, -0.15) is 0 Å². The molecule has 1 aliphatic rings. The van der Waals surface area contributed by atoms with Gasteiger partial charge in [-0.15, -0.1) is 5.10 Å². The molecule has 0 aliphatic carbocycles. The lowest BCUT2D eigenvalue weighted by Gasteiger charge is -2.25. The van der Waals surface area contributed by atoms with Crippen LogP contribution in [0.2, 0.25) is 0 Å². The van der Waals surface area contributed by atoms with Gasteiger partial charge in [0.1, 0.15) is 0 Å². The van der Waals surface area contributed by atoms with E-state index < -0.39 is 0 Å². The third-order valence-corrected chi connectivity index (χ3v) is 3.87. The number of carbonyl (C=O) groups is 1. The van der Waals surface area contributed by atoms with E-state index in [1.807, 2.05) is 15.8 Å². The van der Waals surface area contributed by atoms with E-state index in [2.05, 4.69) is 43.3 Å². The third kappa shape index (κ3) is 4.53. The van der Waals surface area contributed by atoms with Crippen LogP contribution in [0.15, 0.2) is 6.20 Å². The van der Waals surface area contributed by atoms with Crippen molar-refractivity contribution in [1.82, 2.24) is 25.2 Å². The number of amides is 1. The normalized spacial score (nSPS) is 16.5. The van der Waals surface area contributed by atoms with Crippen LogP contribution >= 0.6 is 0 Å². The Balaban J connectivity index is 2.07. The molecule has 1 N–H and O–H groups in total. The quantitative estimate of drug-likeness (QED) is 0.872. The average molecular weight is 307 g/mol. The summed E-state index contributed by atoms with van der Waals surface area (Å²) in [6.45, 7) is 12.0. The zero-order chi connectivity index (χ0) is 16.1. The highest BCUT2D eigenvalue weighted by Crippen LogP contribution is 2.18. The highest BCUT2D eigenvalue weighted by atomic mass is 16.2. The summed E-state index contributed by atoms with van der Waals surface area (Å²) in [6.07, 6.45) is 3.91. The van der Waals surface area contributed by atoms with Crippen LogP contribution in [0.3, 0.4) is 0 Å². The molecule has 1 aromatic rings. The first-order valence-corrected chi connectivity index (χ1v) is 8.39. The molecule has 124 valence electrons. The molecule has 0 spiro atoms. The monoisotopic (exact) mass is 307 g/mol. The lowest BCUT2D eigenvalue weighted by atomic mass is 10.1. The van der Waals surface area contributed by atoms with Gasteiger partial charge < -0.3 is 10.2 Å². The third-order valence-electron chi connectivity index (χ3n) is 3.87. The van der Waals surface area contributed by atoms with Crippen LogP contribution in [-0.4, -0.2) is 52.0 Å². The maximum absolute atomic E-state index is 12.7. The number of nitrogens with zero attached hydrogens (tertiary/aromatic N) is 4. The van der Waals surface area contributed by atoms with Crippen molar-refractivity contribution in [2.24, 2.45) is 11.8 Å². The van der Waals surface area contributed by atoms with E-state index >= 15 is 0 Å². The zero-order valence-electron chi connectivity index (χ0n) is 14.2. The first-order valence-electron chi connectivity index (χ1n) is 8.39. The maximum Gasteiger partial charge on any atom is 0.276 e. The smallest absolute Gasteiger partial charge is 0.276 e. The van der Waals surface area contributed by atoms with E-state index in [1.54, 1.807) is 0 Å². The molecule has 22 heavy (non-hydrogen) atoms. The molecule has 0 radical (unpaired) electrons. The molecule has 2 rings (SSSR count). The summed E-state index contributed by atoms with van der Waals surface area (Å²) in [5, 5.41) is 11.7. The Morgan fingerprint density at radius 3 is 2.41 bits per heavy atom. The van der Waals surface area contributed by atoms with E-state index in [-0.39, 0.29) is 5.91 Å². The highest BCUT2D eigenvalue weighted by Gasteiger charge is 2.23. The van der Waals surface area contributed by atoms with Gasteiger partial charge in [0.25, 0.3) is 5.91 Å². The molecule has 0 aromatic carbocycles. The van der Waals surface area contributed by atoms with Gasteiger partial charge in [-0.05, 0) is 37.8 Å². The summed E-state index contributed by atoms with van der Waals surface area (Å²) >= 11 is 0. The maximum atomic E-state index is 12.7. The molecule has 0 saturated carbocycles. The van der Waals surface area contributed by atoms with Crippen LogP contribution in [0, 0.1) is 11.8 Å². The van der Waals surface area contributed by atoms with Crippen molar-refractivity contribution in [2.45, 2.75) is 46.6 Å². The van der Waals surface area contributed by atoms with E-state index in [4.69, 9.17) is 0 Å². The predicted octanol–water partition coefficient (Wildman–Crippen LogP) is 1.96. The van der Waals surface area contributed by atoms with Crippen LogP contribution in [0.25, 0.3) is 0 Å². The highest BCUT2D eigenvalue weighted by molar-refractivity contribution is 5.91. The molecule has 1 fully saturated rings. The predicted molar refractivity (Wildman–Crippen MR) is 86.7 cm³/mol. The SMILES string of the molecule is CC(C)CN(CC(C)C)C(=O)c1cn(C2CCNCC2)nn1. The standard InChI is InChI=1S/C16H29N5O/c1-12(2)9-20(10-13(3)4)16(22)15-11-21(19-18-15)14-5-7-17-8-6-14/h11-14,17H,5-10H2,1-4H3. The Bertz CT molecular complexity index is 467. The van der Waals surface area contributed by atoms with E-state index in [1.165, 1.54) is 0 Å². The number of carbonyl (C=O) groups excluding carboxylic acids is 1. The molecular formula is C16H29N5O. The van der Waals surface area contributed by atoms with Crippen molar-refractivity contribution in [3.63, 3.8) is 0 Å². The minimum Gasteiger partial charge on any atom is -0.337 e. The number of rotatable bonds is 6. The summed E-state index contributed by atoms with van der Waals surface area (Å²) < 4.78 is 1.87. The van der Waals surface area contributed by atoms with Gasteiger partial charge in [0.2, 0.25) is 0 Å². The minimum atomic E-state index is 0.00239. The van der Waals surface area contributed by atoms with Gasteiger partial charge in [0.05, 0.1) is 12.2 Å². The Labute approximate surface area is 133 Å². The summed E-state index contributed by atoms with van der Waals surface area (Å²) in [7, 11) is 0. The van der Waals surface area contributed by atoms with Crippen LogP contribution < -0.4 is 5.32 Å². The number of piperidine rings is 1. The molecule has 1 aromatic heterocycles. The Morgan fingerprint density at radius 1 is 1.27 bits per heavy atom. The van der Waals surface area contributed by atoms with E-state index in [9.17, 15) is 4.79 Å². The Kier molecular flexibility index (Phi) is 5.94. The van der Waals surface area contributed by atoms with Gasteiger partial charge in [-0.1, -0.05) is 32.9 Å². The summed E-state index contributed by atoms with van der Waals surface area (Å²) in [5.74, 6) is 0.895. The topological polar surface area (TPSA) is 63.1 Å². The molecule has 6 heteroatoms. The van der Waals surface area contributed by atoms with Gasteiger partial charge in [0, 0.05) is 13.1 Å². The van der Waals surface area contributed by atoms with Gasteiger partial charge in [0.15, 0.2) is 5.69 Å². The summed E-state index contributed by atoms with van der Waals surface area (Å²) in [5.41, 5.74) is 0.472. The number of aromatic nitrogens is 3. The van der Waals surface area contributed by atoms with Crippen LogP contribution in [0.1, 0.15) is 57.1 Å². The van der Waals surface area contributed by atoms with Crippen molar-refractivity contribution in [3.8, 4) is 0 Å². The largest absolute Gasteiger partial charge is 0.337 e. The lowest BCUT2D eigenvalue weighted by Crippen LogP contribution is -2.37. The van der Waals surface area contributed by atoms with Crippen molar-refractivity contribution in [1.29, 1.82) is 0 Å². The molecule has 1 aliphatic heterocycles. The fourth-order valence-corrected chi connectivity index (χ4v) is 2.91. The number of hydrogen-bond acceptors (Lipinski definition) is 4. The molecular weight excluding hydrogens is 278 g/mol. The zero-order valence-corrected chi connectivity index (χ0v) is 14.2. The van der Waals surface area contributed by atoms with Gasteiger partial charge in [-0.25, -0.2) is 4.68 Å². The first-order chi connectivity index (χ1) is 10.5. The number of hydrogen-bond donors (Lipinski definition) is 1. The first kappa shape index (κ1) is 16.9. The van der Waals surface area contributed by atoms with Crippen molar-refractivity contribution < 1.29 is 4.79 Å². The van der Waals surface area contributed by atoms with Gasteiger partial charge >= 0.3 is 0 Å². The minimum absolute atomic E-state index is 0.00239. The molecule has 0 bridgehead atoms. The molecule has 6 nitrogen and oxygen atoms in total. The van der Waals surface area contributed by atoms with E-state index in [0.29, 0.717) is 23.6 Å². The van der Waals surface area contributed by atoms with Crippen LogP contribution in [-0.2, 0) is 0 Å². The van der Waals surface area contributed by atoms with E-state index in [0.717, 1.165) is 39.0 Å². The van der Waals surface area contributed by atoms with Crippen LogP contribution in [0.5, 0.6) is 0 Å². The van der Waals surface area contributed by atoms with Crippen molar-refractivity contribution in [2.75, 3.05) is 26.2 Å². The second-order valence-corrected chi connectivity index (χ2v) is 7.06. The summed E-state index contributed by atoms with van der Waals surface area (Å²) in [6, 6.07) is 0.360. The molecule has 2 heterocycles. The molecule has 1 saturated heterocycles. The lowest BCUT2D eigenvalue weighted by molar-refractivity contribution is 0.0709. The fraction of sp³-hybridized carbons (Fsp3) is 0.812. The molecule has 0 atom stereocenters. The molecule has 0 unspecified atom stereocenters. The van der Waals surface area contributed by atoms with Crippen molar-refractivity contribution in [3.05, 3.63) is 11.9 Å². The second-order valence-electron chi connectivity index (χ2n) is 7.06. The van der Waals surface area contributed by atoms with Crippen LogP contribution in [0.4, 0.5) is 0 Å². The number of nitrogens with one attached hydrogen (secondary N) is 1. The van der Waals surface area contributed by atoms with Crippen molar-refractivity contribution >= 4 is 5.91 Å². The Morgan fingerprint density at radius 2 is 1.86 bits per heavy atom. The Hall–Kier alpha value is -1.43. The summed E-state index contributed by atoms with van der Waals surface area (Å²) in [4.78, 5) is 14.6. The second kappa shape index (κ2) is 7.72.